The Labute approximate surface area is 160 Å². The SMILES string of the molecule is O=C(OC1CN2CCC1CC2)N(Cc1ccc(Br)s1)c1ccccc1. The first-order valence-corrected chi connectivity index (χ1v) is 10.3. The molecule has 2 bridgehead atoms. The summed E-state index contributed by atoms with van der Waals surface area (Å²) in [6.07, 6.45) is 2.06. The minimum Gasteiger partial charge on any atom is -0.444 e. The second-order valence-corrected chi connectivity index (χ2v) is 9.24. The van der Waals surface area contributed by atoms with Crippen molar-refractivity contribution in [3.05, 3.63) is 51.1 Å². The van der Waals surface area contributed by atoms with Crippen LogP contribution in [-0.2, 0) is 11.3 Å². The van der Waals surface area contributed by atoms with Crippen LogP contribution in [-0.4, -0.2) is 36.7 Å². The molecular formula is C19H21BrN2O2S. The third-order valence-electron chi connectivity index (χ3n) is 5.08. The average molecular weight is 421 g/mol. The van der Waals surface area contributed by atoms with Gasteiger partial charge < -0.3 is 4.74 Å². The van der Waals surface area contributed by atoms with Crippen LogP contribution in [0.5, 0.6) is 0 Å². The molecule has 0 N–H and O–H groups in total. The Morgan fingerprint density at radius 1 is 1.20 bits per heavy atom. The maximum atomic E-state index is 13.0. The number of carbonyl (C=O) groups is 1. The number of benzene rings is 1. The monoisotopic (exact) mass is 420 g/mol. The van der Waals surface area contributed by atoms with Crippen LogP contribution in [0.3, 0.4) is 0 Å². The van der Waals surface area contributed by atoms with Crippen molar-refractivity contribution in [2.75, 3.05) is 24.5 Å². The summed E-state index contributed by atoms with van der Waals surface area (Å²) >= 11 is 5.14. The van der Waals surface area contributed by atoms with E-state index in [1.54, 1.807) is 16.2 Å². The van der Waals surface area contributed by atoms with Gasteiger partial charge in [0.2, 0.25) is 0 Å². The van der Waals surface area contributed by atoms with E-state index in [-0.39, 0.29) is 12.2 Å². The molecular weight excluding hydrogens is 400 g/mol. The number of thiophene rings is 1. The highest BCUT2D eigenvalue weighted by Crippen LogP contribution is 2.31. The zero-order valence-corrected chi connectivity index (χ0v) is 16.3. The second kappa shape index (κ2) is 7.48. The third kappa shape index (κ3) is 3.91. The smallest absolute Gasteiger partial charge is 0.414 e. The Morgan fingerprint density at radius 2 is 1.96 bits per heavy atom. The van der Waals surface area contributed by atoms with Crippen LogP contribution in [0, 0.1) is 5.92 Å². The van der Waals surface area contributed by atoms with E-state index in [4.69, 9.17) is 4.74 Å². The largest absolute Gasteiger partial charge is 0.444 e. The highest BCUT2D eigenvalue weighted by Gasteiger charge is 2.37. The van der Waals surface area contributed by atoms with Gasteiger partial charge in [-0.25, -0.2) is 4.79 Å². The summed E-state index contributed by atoms with van der Waals surface area (Å²) in [7, 11) is 0. The molecule has 0 spiro atoms. The molecule has 25 heavy (non-hydrogen) atoms. The second-order valence-electron chi connectivity index (χ2n) is 6.69. The fraction of sp³-hybridized carbons (Fsp3) is 0.421. The van der Waals surface area contributed by atoms with Gasteiger partial charge in [-0.15, -0.1) is 11.3 Å². The van der Waals surface area contributed by atoms with Gasteiger partial charge in [0.05, 0.1) is 10.3 Å². The predicted octanol–water partition coefficient (Wildman–Crippen LogP) is 4.75. The van der Waals surface area contributed by atoms with Gasteiger partial charge in [-0.1, -0.05) is 18.2 Å². The number of nitrogens with zero attached hydrogens (tertiary/aromatic N) is 2. The van der Waals surface area contributed by atoms with Crippen LogP contribution in [0.1, 0.15) is 17.7 Å². The van der Waals surface area contributed by atoms with Crippen LogP contribution in [0.25, 0.3) is 0 Å². The van der Waals surface area contributed by atoms with Gasteiger partial charge in [-0.3, -0.25) is 9.80 Å². The number of piperidine rings is 3. The first-order chi connectivity index (χ1) is 12.2. The van der Waals surface area contributed by atoms with Crippen molar-refractivity contribution < 1.29 is 9.53 Å². The van der Waals surface area contributed by atoms with Gasteiger partial charge in [0.25, 0.3) is 0 Å². The van der Waals surface area contributed by atoms with E-state index in [1.165, 1.54) is 0 Å². The summed E-state index contributed by atoms with van der Waals surface area (Å²) < 4.78 is 7.03. The molecule has 1 unspecified atom stereocenters. The van der Waals surface area contributed by atoms with Gasteiger partial charge in [0.1, 0.15) is 6.10 Å². The number of hydrogen-bond donors (Lipinski definition) is 0. The molecule has 3 fully saturated rings. The van der Waals surface area contributed by atoms with Crippen LogP contribution >= 0.6 is 27.3 Å². The Balaban J connectivity index is 1.51. The van der Waals surface area contributed by atoms with Crippen LogP contribution in [0.15, 0.2) is 46.3 Å². The first-order valence-electron chi connectivity index (χ1n) is 8.69. The summed E-state index contributed by atoms with van der Waals surface area (Å²) in [6, 6.07) is 13.8. The summed E-state index contributed by atoms with van der Waals surface area (Å²) in [5.41, 5.74) is 0.873. The molecule has 1 atom stereocenters. The Bertz CT molecular complexity index is 728. The van der Waals surface area contributed by atoms with Crippen molar-refractivity contribution in [3.8, 4) is 0 Å². The molecule has 4 nitrogen and oxygen atoms in total. The van der Waals surface area contributed by atoms with Gasteiger partial charge in [0.15, 0.2) is 0 Å². The molecule has 0 radical (unpaired) electrons. The zero-order chi connectivity index (χ0) is 17.2. The summed E-state index contributed by atoms with van der Waals surface area (Å²) in [6.45, 7) is 3.69. The normalized spacial score (nSPS) is 24.9. The number of carbonyl (C=O) groups excluding carboxylic acids is 1. The number of hydrogen-bond acceptors (Lipinski definition) is 4. The molecule has 0 saturated carbocycles. The topological polar surface area (TPSA) is 32.8 Å². The number of ether oxygens (including phenoxy) is 1. The van der Waals surface area contributed by atoms with E-state index < -0.39 is 0 Å². The standard InChI is InChI=1S/C19H21BrN2O2S/c20-18-7-6-16(25-18)12-22(15-4-2-1-3-5-15)19(23)24-17-13-21-10-8-14(17)9-11-21/h1-7,14,17H,8-13H2. The van der Waals surface area contributed by atoms with Crippen LogP contribution < -0.4 is 4.90 Å². The van der Waals surface area contributed by atoms with E-state index in [0.717, 1.165) is 46.8 Å². The highest BCUT2D eigenvalue weighted by molar-refractivity contribution is 9.11. The molecule has 132 valence electrons. The maximum absolute atomic E-state index is 13.0. The van der Waals surface area contributed by atoms with E-state index in [9.17, 15) is 4.79 Å². The fourth-order valence-electron chi connectivity index (χ4n) is 3.70. The van der Waals surface area contributed by atoms with E-state index >= 15 is 0 Å². The number of halogens is 1. The van der Waals surface area contributed by atoms with Gasteiger partial charge in [0, 0.05) is 17.1 Å². The Morgan fingerprint density at radius 3 is 2.56 bits per heavy atom. The first kappa shape index (κ1) is 17.1. The van der Waals surface area contributed by atoms with E-state index in [0.29, 0.717) is 12.5 Å². The molecule has 1 amide bonds. The van der Waals surface area contributed by atoms with E-state index in [1.807, 2.05) is 42.5 Å². The number of rotatable bonds is 4. The van der Waals surface area contributed by atoms with Gasteiger partial charge in [-0.2, -0.15) is 0 Å². The molecule has 3 aliphatic heterocycles. The minimum absolute atomic E-state index is 0.0243. The van der Waals surface area contributed by atoms with Gasteiger partial charge in [-0.05, 0) is 72.0 Å². The summed E-state index contributed by atoms with van der Waals surface area (Å²) in [5, 5.41) is 0. The lowest BCUT2D eigenvalue weighted by molar-refractivity contribution is -0.0311. The van der Waals surface area contributed by atoms with Crippen molar-refractivity contribution in [1.29, 1.82) is 0 Å². The Kier molecular flexibility index (Phi) is 5.10. The zero-order valence-electron chi connectivity index (χ0n) is 13.9. The molecule has 0 aliphatic carbocycles. The highest BCUT2D eigenvalue weighted by atomic mass is 79.9. The molecule has 3 saturated heterocycles. The number of fused-ring (bicyclic) bond motifs is 3. The lowest BCUT2D eigenvalue weighted by atomic mass is 9.86. The molecule has 1 aromatic carbocycles. The third-order valence-corrected chi connectivity index (χ3v) is 6.69. The molecule has 3 aliphatic rings. The van der Waals surface area contributed by atoms with Crippen molar-refractivity contribution in [3.63, 3.8) is 0 Å². The predicted molar refractivity (Wildman–Crippen MR) is 104 cm³/mol. The fourth-order valence-corrected chi connectivity index (χ4v) is 5.17. The van der Waals surface area contributed by atoms with Crippen molar-refractivity contribution in [2.45, 2.75) is 25.5 Å². The summed E-state index contributed by atoms with van der Waals surface area (Å²) in [4.78, 5) is 18.3. The minimum atomic E-state index is -0.241. The van der Waals surface area contributed by atoms with E-state index in [2.05, 4.69) is 20.8 Å². The van der Waals surface area contributed by atoms with Crippen LogP contribution in [0.2, 0.25) is 0 Å². The van der Waals surface area contributed by atoms with Crippen molar-refractivity contribution in [1.82, 2.24) is 4.90 Å². The van der Waals surface area contributed by atoms with Gasteiger partial charge >= 0.3 is 6.09 Å². The Hall–Kier alpha value is -1.37. The molecule has 4 heterocycles. The summed E-state index contributed by atoms with van der Waals surface area (Å²) in [5.74, 6) is 0.516. The molecule has 1 aromatic heterocycles. The lowest BCUT2D eigenvalue weighted by Crippen LogP contribution is -2.53. The number of amides is 1. The maximum Gasteiger partial charge on any atom is 0.414 e. The number of para-hydroxylation sites is 1. The van der Waals surface area contributed by atoms with Crippen LogP contribution in [0.4, 0.5) is 10.5 Å². The van der Waals surface area contributed by atoms with Crippen molar-refractivity contribution >= 4 is 39.0 Å². The number of anilines is 1. The molecule has 6 heteroatoms. The molecule has 5 rings (SSSR count). The molecule has 2 aromatic rings. The van der Waals surface area contributed by atoms with Crippen molar-refractivity contribution in [2.24, 2.45) is 5.92 Å². The average Bonchev–Trinajstić information content (AvgIpc) is 3.06. The lowest BCUT2D eigenvalue weighted by Gasteiger charge is -2.44. The quantitative estimate of drug-likeness (QED) is 0.715.